The zero-order valence-corrected chi connectivity index (χ0v) is 12.3. The highest BCUT2D eigenvalue weighted by molar-refractivity contribution is 9.10. The van der Waals surface area contributed by atoms with Crippen molar-refractivity contribution in [1.82, 2.24) is 0 Å². The van der Waals surface area contributed by atoms with Crippen LogP contribution in [0.1, 0.15) is 5.56 Å². The molecule has 2 rings (SSSR count). The Kier molecular flexibility index (Phi) is 4.49. The number of nitrogens with one attached hydrogen (secondary N) is 1. The monoisotopic (exact) mass is 347 g/mol. The lowest BCUT2D eigenvalue weighted by Gasteiger charge is -2.09. The standard InChI is InChI=1S/C13H9BrCl2FN/c14-11-5-9(15)2-1-8(11)7-18-10-3-4-12(16)13(17)6-10/h1-6,18H,7H2. The van der Waals surface area contributed by atoms with Gasteiger partial charge >= 0.3 is 0 Å². The molecule has 0 saturated heterocycles. The second-order valence-electron chi connectivity index (χ2n) is 3.72. The maximum absolute atomic E-state index is 13.2. The highest BCUT2D eigenvalue weighted by Crippen LogP contribution is 2.23. The van der Waals surface area contributed by atoms with Crippen molar-refractivity contribution in [2.75, 3.05) is 5.32 Å². The molecule has 5 heteroatoms. The molecule has 0 radical (unpaired) electrons. The predicted molar refractivity (Wildman–Crippen MR) is 77.9 cm³/mol. The van der Waals surface area contributed by atoms with Gasteiger partial charge in [0.15, 0.2) is 0 Å². The molecule has 0 atom stereocenters. The molecule has 0 unspecified atom stereocenters. The predicted octanol–water partition coefficient (Wildman–Crippen LogP) is 5.51. The zero-order valence-electron chi connectivity index (χ0n) is 9.18. The van der Waals surface area contributed by atoms with Crippen LogP contribution in [0.5, 0.6) is 0 Å². The lowest BCUT2D eigenvalue weighted by atomic mass is 10.2. The largest absolute Gasteiger partial charge is 0.381 e. The molecule has 0 aliphatic heterocycles. The highest BCUT2D eigenvalue weighted by atomic mass is 79.9. The molecule has 2 aromatic rings. The van der Waals surface area contributed by atoms with Crippen molar-refractivity contribution >= 4 is 44.8 Å². The molecular formula is C13H9BrCl2FN. The molecule has 1 N–H and O–H groups in total. The molecule has 1 nitrogen and oxygen atoms in total. The molecule has 0 aliphatic rings. The summed E-state index contributed by atoms with van der Waals surface area (Å²) < 4.78 is 14.2. The van der Waals surface area contributed by atoms with E-state index in [0.29, 0.717) is 17.3 Å². The Morgan fingerprint density at radius 3 is 2.56 bits per heavy atom. The van der Waals surface area contributed by atoms with E-state index < -0.39 is 5.82 Å². The van der Waals surface area contributed by atoms with E-state index in [2.05, 4.69) is 21.2 Å². The SMILES string of the molecule is Fc1cc(NCc2ccc(Cl)cc2Br)ccc1Cl. The Morgan fingerprint density at radius 1 is 1.11 bits per heavy atom. The highest BCUT2D eigenvalue weighted by Gasteiger charge is 2.03. The van der Waals surface area contributed by atoms with Gasteiger partial charge in [0.1, 0.15) is 5.82 Å². The van der Waals surface area contributed by atoms with Crippen molar-refractivity contribution in [2.45, 2.75) is 6.54 Å². The number of benzene rings is 2. The fourth-order valence-electron chi connectivity index (χ4n) is 1.47. The van der Waals surface area contributed by atoms with E-state index in [0.717, 1.165) is 10.0 Å². The van der Waals surface area contributed by atoms with Gasteiger partial charge in [-0.3, -0.25) is 0 Å². The van der Waals surface area contributed by atoms with Crippen molar-refractivity contribution in [1.29, 1.82) is 0 Å². The molecule has 94 valence electrons. The summed E-state index contributed by atoms with van der Waals surface area (Å²) in [6.45, 7) is 0.568. The van der Waals surface area contributed by atoms with E-state index in [1.807, 2.05) is 18.2 Å². The van der Waals surface area contributed by atoms with Gasteiger partial charge in [0, 0.05) is 21.7 Å². The van der Waals surface area contributed by atoms with Crippen molar-refractivity contribution in [3.63, 3.8) is 0 Å². The molecule has 0 heterocycles. The van der Waals surface area contributed by atoms with Gasteiger partial charge < -0.3 is 5.32 Å². The van der Waals surface area contributed by atoms with Crippen molar-refractivity contribution in [3.05, 3.63) is 62.3 Å². The van der Waals surface area contributed by atoms with Crippen LogP contribution in [0, 0.1) is 5.82 Å². The van der Waals surface area contributed by atoms with Crippen LogP contribution < -0.4 is 5.32 Å². The topological polar surface area (TPSA) is 12.0 Å². The maximum Gasteiger partial charge on any atom is 0.143 e. The van der Waals surface area contributed by atoms with E-state index in [1.54, 1.807) is 6.07 Å². The van der Waals surface area contributed by atoms with E-state index in [1.165, 1.54) is 12.1 Å². The number of halogens is 4. The van der Waals surface area contributed by atoms with Crippen LogP contribution in [0.3, 0.4) is 0 Å². The zero-order chi connectivity index (χ0) is 13.1. The van der Waals surface area contributed by atoms with Crippen LogP contribution in [0.4, 0.5) is 10.1 Å². The molecule has 0 fully saturated rings. The van der Waals surface area contributed by atoms with Crippen LogP contribution in [-0.2, 0) is 6.54 Å². The molecule has 18 heavy (non-hydrogen) atoms. The third-order valence-corrected chi connectivity index (χ3v) is 3.70. The molecule has 0 aromatic heterocycles. The first kappa shape index (κ1) is 13.7. The van der Waals surface area contributed by atoms with Crippen molar-refractivity contribution in [2.24, 2.45) is 0 Å². The quantitative estimate of drug-likeness (QED) is 0.771. The Labute approximate surface area is 123 Å². The van der Waals surface area contributed by atoms with E-state index in [-0.39, 0.29) is 5.02 Å². The second kappa shape index (κ2) is 5.91. The summed E-state index contributed by atoms with van der Waals surface area (Å²) in [5, 5.41) is 3.91. The van der Waals surface area contributed by atoms with Gasteiger partial charge in [-0.1, -0.05) is 45.2 Å². The summed E-state index contributed by atoms with van der Waals surface area (Å²) in [5.74, 6) is -0.433. The van der Waals surface area contributed by atoms with Crippen LogP contribution in [-0.4, -0.2) is 0 Å². The van der Waals surface area contributed by atoms with Gasteiger partial charge in [0.25, 0.3) is 0 Å². The molecule has 0 bridgehead atoms. The molecule has 0 amide bonds. The Bertz CT molecular complexity index is 575. The number of rotatable bonds is 3. The van der Waals surface area contributed by atoms with Crippen molar-refractivity contribution in [3.8, 4) is 0 Å². The summed E-state index contributed by atoms with van der Waals surface area (Å²) >= 11 is 14.9. The average molecular weight is 349 g/mol. The molecule has 2 aromatic carbocycles. The summed E-state index contributed by atoms with van der Waals surface area (Å²) in [4.78, 5) is 0. The van der Waals surface area contributed by atoms with E-state index in [9.17, 15) is 4.39 Å². The van der Waals surface area contributed by atoms with Crippen LogP contribution in [0.2, 0.25) is 10.0 Å². The van der Waals surface area contributed by atoms with Gasteiger partial charge in [-0.25, -0.2) is 4.39 Å². The second-order valence-corrected chi connectivity index (χ2v) is 5.42. The Balaban J connectivity index is 2.09. The molecule has 0 aliphatic carbocycles. The lowest BCUT2D eigenvalue weighted by Crippen LogP contribution is -2.00. The minimum absolute atomic E-state index is 0.119. The Morgan fingerprint density at radius 2 is 1.89 bits per heavy atom. The minimum Gasteiger partial charge on any atom is -0.381 e. The number of anilines is 1. The molecular weight excluding hydrogens is 340 g/mol. The third kappa shape index (κ3) is 3.37. The van der Waals surface area contributed by atoms with E-state index in [4.69, 9.17) is 23.2 Å². The number of hydrogen-bond acceptors (Lipinski definition) is 1. The number of hydrogen-bond donors (Lipinski definition) is 1. The lowest BCUT2D eigenvalue weighted by molar-refractivity contribution is 0.628. The first-order valence-corrected chi connectivity index (χ1v) is 6.74. The summed E-state index contributed by atoms with van der Waals surface area (Å²) in [5.41, 5.74) is 1.72. The van der Waals surface area contributed by atoms with Crippen LogP contribution >= 0.6 is 39.1 Å². The summed E-state index contributed by atoms with van der Waals surface area (Å²) in [6, 6.07) is 10.2. The van der Waals surface area contributed by atoms with Gasteiger partial charge in [-0.2, -0.15) is 0 Å². The van der Waals surface area contributed by atoms with Gasteiger partial charge in [0.05, 0.1) is 5.02 Å². The van der Waals surface area contributed by atoms with Crippen LogP contribution in [0.25, 0.3) is 0 Å². The molecule has 0 saturated carbocycles. The fraction of sp³-hybridized carbons (Fsp3) is 0.0769. The average Bonchev–Trinajstić information content (AvgIpc) is 2.32. The molecule has 0 spiro atoms. The van der Waals surface area contributed by atoms with Gasteiger partial charge in [-0.15, -0.1) is 0 Å². The normalized spacial score (nSPS) is 10.4. The first-order chi connectivity index (χ1) is 8.56. The third-order valence-electron chi connectivity index (χ3n) is 2.42. The van der Waals surface area contributed by atoms with Gasteiger partial charge in [0.2, 0.25) is 0 Å². The minimum atomic E-state index is -0.433. The Hall–Kier alpha value is -0.770. The van der Waals surface area contributed by atoms with Crippen LogP contribution in [0.15, 0.2) is 40.9 Å². The maximum atomic E-state index is 13.2. The van der Waals surface area contributed by atoms with Gasteiger partial charge in [-0.05, 0) is 35.9 Å². The first-order valence-electron chi connectivity index (χ1n) is 5.19. The summed E-state index contributed by atoms with van der Waals surface area (Å²) in [7, 11) is 0. The smallest absolute Gasteiger partial charge is 0.143 e. The fourth-order valence-corrected chi connectivity index (χ4v) is 2.41. The van der Waals surface area contributed by atoms with E-state index >= 15 is 0 Å². The summed E-state index contributed by atoms with van der Waals surface area (Å²) in [6.07, 6.45) is 0. The van der Waals surface area contributed by atoms with Crippen molar-refractivity contribution < 1.29 is 4.39 Å².